The molecule has 3 aromatic heterocycles. The number of nitrogens with zero attached hydrogens (tertiary/aromatic N) is 6. The molecule has 2 fully saturated rings. The molecule has 0 spiro atoms. The van der Waals surface area contributed by atoms with Gasteiger partial charge in [0.1, 0.15) is 11.9 Å². The Morgan fingerprint density at radius 3 is 2.74 bits per heavy atom. The third-order valence-electron chi connectivity index (χ3n) is 7.65. The summed E-state index contributed by atoms with van der Waals surface area (Å²) in [6.07, 6.45) is 7.43. The fourth-order valence-corrected chi connectivity index (χ4v) is 5.45. The van der Waals surface area contributed by atoms with E-state index >= 15 is 0 Å². The highest BCUT2D eigenvalue weighted by Crippen LogP contribution is 2.34. The molecule has 11 nitrogen and oxygen atoms in total. The number of rotatable bonds is 6. The van der Waals surface area contributed by atoms with Gasteiger partial charge in [-0.1, -0.05) is 0 Å². The molecule has 0 bridgehead atoms. The molecule has 38 heavy (non-hydrogen) atoms. The van der Waals surface area contributed by atoms with Crippen LogP contribution in [0.5, 0.6) is 0 Å². The Balaban J connectivity index is 1.39. The Bertz CT molecular complexity index is 1490. The van der Waals surface area contributed by atoms with Gasteiger partial charge in [-0.25, -0.2) is 4.98 Å². The first-order chi connectivity index (χ1) is 18.6. The van der Waals surface area contributed by atoms with Gasteiger partial charge in [-0.15, -0.1) is 0 Å². The number of aliphatic hydroxyl groups is 3. The van der Waals surface area contributed by atoms with Gasteiger partial charge in [0.05, 0.1) is 41.5 Å². The summed E-state index contributed by atoms with van der Waals surface area (Å²) < 4.78 is 9.28. The predicted molar refractivity (Wildman–Crippen MR) is 139 cm³/mol. The number of hydrogen-bond donors (Lipinski definition) is 4. The van der Waals surface area contributed by atoms with E-state index in [2.05, 4.69) is 21.5 Å². The Morgan fingerprint density at radius 2 is 1.97 bits per heavy atom. The number of hydrogen-bond acceptors (Lipinski definition) is 9. The van der Waals surface area contributed by atoms with Gasteiger partial charge in [0.25, 0.3) is 0 Å². The highest BCUT2D eigenvalue weighted by Gasteiger charge is 2.41. The summed E-state index contributed by atoms with van der Waals surface area (Å²) in [4.78, 5) is 9.49. The van der Waals surface area contributed by atoms with E-state index in [1.54, 1.807) is 18.5 Å². The van der Waals surface area contributed by atoms with Crippen LogP contribution in [0.3, 0.4) is 0 Å². The number of nitriles is 1. The predicted octanol–water partition coefficient (Wildman–Crippen LogP) is 2.02. The topological polar surface area (TPSA) is 154 Å². The first kappa shape index (κ1) is 24.5. The normalized spacial score (nSPS) is 24.1. The second-order valence-corrected chi connectivity index (χ2v) is 9.97. The van der Waals surface area contributed by atoms with Crippen molar-refractivity contribution in [2.24, 2.45) is 5.92 Å². The van der Waals surface area contributed by atoms with E-state index in [0.29, 0.717) is 42.5 Å². The lowest BCUT2D eigenvalue weighted by molar-refractivity contribution is 0.00446. The zero-order valence-electron chi connectivity index (χ0n) is 20.7. The molecule has 4 aromatic rings. The van der Waals surface area contributed by atoms with Crippen LogP contribution in [-0.4, -0.2) is 77.7 Å². The van der Waals surface area contributed by atoms with Crippen molar-refractivity contribution < 1.29 is 20.1 Å². The van der Waals surface area contributed by atoms with Gasteiger partial charge in [-0.2, -0.15) is 15.3 Å². The van der Waals surface area contributed by atoms with E-state index in [0.717, 1.165) is 29.3 Å². The molecule has 4 N–H and O–H groups in total. The fraction of sp³-hybridized carbons (Fsp3) is 0.407. The van der Waals surface area contributed by atoms with Crippen LogP contribution < -0.4 is 5.32 Å². The van der Waals surface area contributed by atoms with Crippen molar-refractivity contribution in [3.8, 4) is 23.1 Å². The van der Waals surface area contributed by atoms with Crippen LogP contribution in [0, 0.1) is 17.2 Å². The molecule has 4 heterocycles. The van der Waals surface area contributed by atoms with Gasteiger partial charge >= 0.3 is 0 Å². The summed E-state index contributed by atoms with van der Waals surface area (Å²) in [5, 5.41) is 48.7. The van der Waals surface area contributed by atoms with Crippen molar-refractivity contribution in [1.29, 1.82) is 5.26 Å². The number of anilines is 1. The molecule has 196 valence electrons. The van der Waals surface area contributed by atoms with Crippen LogP contribution >= 0.6 is 0 Å². The summed E-state index contributed by atoms with van der Waals surface area (Å²) in [6.45, 7) is 1.20. The van der Waals surface area contributed by atoms with E-state index in [1.165, 1.54) is 0 Å². The molecule has 0 unspecified atom stereocenters. The zero-order valence-corrected chi connectivity index (χ0v) is 20.7. The molecular formula is C27H29N7O4. The Labute approximate surface area is 218 Å². The third-order valence-corrected chi connectivity index (χ3v) is 7.65. The van der Waals surface area contributed by atoms with Crippen molar-refractivity contribution >= 4 is 16.7 Å². The molecular weight excluding hydrogens is 486 g/mol. The van der Waals surface area contributed by atoms with Gasteiger partial charge in [-0.05, 0) is 43.5 Å². The lowest BCUT2D eigenvalue weighted by atomic mass is 10.1. The molecule has 0 amide bonds. The number of ether oxygens (including phenoxy) is 1. The second-order valence-electron chi connectivity index (χ2n) is 9.97. The molecule has 0 radical (unpaired) electrons. The number of aliphatic hydroxyl groups excluding tert-OH is 3. The van der Waals surface area contributed by atoms with E-state index in [1.807, 2.05) is 39.8 Å². The third kappa shape index (κ3) is 4.41. The molecule has 4 atom stereocenters. The average Bonchev–Trinajstić information content (AvgIpc) is 3.68. The molecule has 1 saturated heterocycles. The molecule has 1 aliphatic heterocycles. The van der Waals surface area contributed by atoms with Crippen LogP contribution in [0.4, 0.5) is 5.82 Å². The Kier molecular flexibility index (Phi) is 6.55. The van der Waals surface area contributed by atoms with Crippen LogP contribution in [0.15, 0.2) is 49.1 Å². The molecule has 11 heteroatoms. The zero-order chi connectivity index (χ0) is 26.2. The maximum absolute atomic E-state index is 10.7. The monoisotopic (exact) mass is 515 g/mol. The summed E-state index contributed by atoms with van der Waals surface area (Å²) in [5.41, 5.74) is 2.96. The van der Waals surface area contributed by atoms with Crippen LogP contribution in [0.1, 0.15) is 30.9 Å². The van der Waals surface area contributed by atoms with Crippen molar-refractivity contribution in [3.63, 3.8) is 0 Å². The first-order valence-corrected chi connectivity index (χ1v) is 12.8. The second kappa shape index (κ2) is 10.2. The molecule has 2 aliphatic rings. The van der Waals surface area contributed by atoms with E-state index in [4.69, 9.17) is 9.72 Å². The van der Waals surface area contributed by atoms with E-state index < -0.39 is 24.2 Å². The van der Waals surface area contributed by atoms with Crippen LogP contribution in [-0.2, 0) is 4.74 Å². The standard InChI is InChI=1S/C27H29N7O4/c28-11-16-1-2-23-17(9-16)3-6-33(23)27-29-13-21(19-12-30-34(14-19)20-4-7-38-8-5-20)26(32-27)31-22-10-18(15-35)24(36)25(22)37/h1-3,6,9,12-14,18,20,22,24-25,35-37H,4-5,7-8,10,15H2,(H,29,31,32)/t18-,22-,24-,25+/m1/s1. The summed E-state index contributed by atoms with van der Waals surface area (Å²) in [7, 11) is 0. The Hall–Kier alpha value is -3.82. The minimum Gasteiger partial charge on any atom is -0.396 e. The lowest BCUT2D eigenvalue weighted by Gasteiger charge is -2.22. The molecule has 1 aromatic carbocycles. The van der Waals surface area contributed by atoms with Crippen molar-refractivity contribution in [3.05, 3.63) is 54.6 Å². The lowest BCUT2D eigenvalue weighted by Crippen LogP contribution is -2.35. The van der Waals surface area contributed by atoms with Gasteiger partial charge in [0, 0.05) is 60.8 Å². The van der Waals surface area contributed by atoms with Gasteiger partial charge < -0.3 is 25.4 Å². The number of fused-ring (bicyclic) bond motifs is 1. The van der Waals surface area contributed by atoms with Gasteiger partial charge in [-0.3, -0.25) is 9.25 Å². The summed E-state index contributed by atoms with van der Waals surface area (Å²) in [6, 6.07) is 9.24. The molecule has 6 rings (SSSR count). The number of nitrogens with one attached hydrogen (secondary N) is 1. The van der Waals surface area contributed by atoms with Crippen molar-refractivity contribution in [1.82, 2.24) is 24.3 Å². The average molecular weight is 516 g/mol. The van der Waals surface area contributed by atoms with Gasteiger partial charge in [0.15, 0.2) is 0 Å². The SMILES string of the molecule is N#Cc1ccc2c(ccn2-c2ncc(-c3cnn(C4CCOCC4)c3)c(N[C@@H]3C[C@H](CO)[C@@H](O)[C@H]3O)n2)c1. The largest absolute Gasteiger partial charge is 0.396 e. The molecule has 1 saturated carbocycles. The van der Waals surface area contributed by atoms with E-state index in [-0.39, 0.29) is 12.6 Å². The summed E-state index contributed by atoms with van der Waals surface area (Å²) >= 11 is 0. The smallest absolute Gasteiger partial charge is 0.236 e. The quantitative estimate of drug-likeness (QED) is 0.302. The van der Waals surface area contributed by atoms with Crippen LogP contribution in [0.2, 0.25) is 0 Å². The minimum atomic E-state index is -1.06. The van der Waals surface area contributed by atoms with E-state index in [9.17, 15) is 20.6 Å². The van der Waals surface area contributed by atoms with Crippen molar-refractivity contribution in [2.45, 2.75) is 43.6 Å². The first-order valence-electron chi connectivity index (χ1n) is 12.8. The van der Waals surface area contributed by atoms with Gasteiger partial charge in [0.2, 0.25) is 5.95 Å². The van der Waals surface area contributed by atoms with Crippen LogP contribution in [0.25, 0.3) is 28.0 Å². The Morgan fingerprint density at radius 1 is 1.13 bits per heavy atom. The highest BCUT2D eigenvalue weighted by molar-refractivity contribution is 5.83. The number of benzene rings is 1. The maximum atomic E-state index is 10.7. The van der Waals surface area contributed by atoms with Crippen molar-refractivity contribution in [2.75, 3.05) is 25.1 Å². The fourth-order valence-electron chi connectivity index (χ4n) is 5.45. The molecule has 1 aliphatic carbocycles. The summed E-state index contributed by atoms with van der Waals surface area (Å²) in [5.74, 6) is 0.484. The minimum absolute atomic E-state index is 0.212. The highest BCUT2D eigenvalue weighted by atomic mass is 16.5. The number of aromatic nitrogens is 5. The maximum Gasteiger partial charge on any atom is 0.236 e.